The topological polar surface area (TPSA) is 48.2 Å². The smallest absolute Gasteiger partial charge is 0.127 e. The molecule has 98 valence electrons. The summed E-state index contributed by atoms with van der Waals surface area (Å²) in [6.07, 6.45) is 4.19. The predicted octanol–water partition coefficient (Wildman–Crippen LogP) is 3.04. The summed E-state index contributed by atoms with van der Waals surface area (Å²) in [5.41, 5.74) is 1.96. The highest BCUT2D eigenvalue weighted by Gasteiger charge is 2.48. The lowest BCUT2D eigenvalue weighted by molar-refractivity contribution is 0.264. The van der Waals surface area contributed by atoms with E-state index in [4.69, 9.17) is 0 Å². The summed E-state index contributed by atoms with van der Waals surface area (Å²) in [5, 5.41) is 12.8. The fourth-order valence-electron chi connectivity index (χ4n) is 2.66. The van der Waals surface area contributed by atoms with E-state index < -0.39 is 5.54 Å². The zero-order valence-corrected chi connectivity index (χ0v) is 12.1. The van der Waals surface area contributed by atoms with E-state index in [0.29, 0.717) is 0 Å². The minimum atomic E-state index is -0.484. The quantitative estimate of drug-likeness (QED) is 0.772. The number of nitrogens with one attached hydrogen (secondary N) is 1. The van der Waals surface area contributed by atoms with Gasteiger partial charge >= 0.3 is 0 Å². The van der Waals surface area contributed by atoms with E-state index in [1.165, 1.54) is 5.71 Å². The fourth-order valence-corrected chi connectivity index (χ4v) is 2.66. The highest BCUT2D eigenvalue weighted by molar-refractivity contribution is 6.00. The summed E-state index contributed by atoms with van der Waals surface area (Å²) in [6, 6.07) is 2.41. The molecule has 0 saturated carbocycles. The molecular weight excluding hydrogens is 222 g/mol. The second-order valence-corrected chi connectivity index (χ2v) is 6.99. The van der Waals surface area contributed by atoms with Crippen molar-refractivity contribution < 1.29 is 0 Å². The highest BCUT2D eigenvalue weighted by atomic mass is 15.0. The Morgan fingerprint density at radius 3 is 2.39 bits per heavy atom. The van der Waals surface area contributed by atoms with Crippen LogP contribution in [0.5, 0.6) is 0 Å². The molecule has 18 heavy (non-hydrogen) atoms. The molecule has 3 nitrogen and oxygen atoms in total. The van der Waals surface area contributed by atoms with Crippen LogP contribution in [-0.4, -0.2) is 17.8 Å². The summed E-state index contributed by atoms with van der Waals surface area (Å²) in [5.74, 6) is 0. The molecule has 1 saturated heterocycles. The van der Waals surface area contributed by atoms with Crippen molar-refractivity contribution in [3.63, 3.8) is 0 Å². The van der Waals surface area contributed by atoms with Crippen LogP contribution in [0.3, 0.4) is 0 Å². The Hall–Kier alpha value is -1.30. The molecule has 2 aliphatic heterocycles. The molecule has 0 aromatic heterocycles. The van der Waals surface area contributed by atoms with E-state index >= 15 is 0 Å². The van der Waals surface area contributed by atoms with Gasteiger partial charge in [0.1, 0.15) is 5.54 Å². The molecule has 2 aliphatic rings. The lowest BCUT2D eigenvalue weighted by atomic mass is 9.75. The maximum atomic E-state index is 9.37. The first-order chi connectivity index (χ1) is 8.20. The SMILES string of the molecule is CC1(C)CCN=C1/C=C1\CC(C)(C)C(C)(C#N)N1. The van der Waals surface area contributed by atoms with Crippen LogP contribution in [0, 0.1) is 22.2 Å². The van der Waals surface area contributed by atoms with Crippen LogP contribution in [-0.2, 0) is 0 Å². The zero-order valence-electron chi connectivity index (χ0n) is 12.1. The Labute approximate surface area is 110 Å². The van der Waals surface area contributed by atoms with Crippen molar-refractivity contribution in [1.29, 1.82) is 5.26 Å². The average molecular weight is 245 g/mol. The number of allylic oxidation sites excluding steroid dienone is 2. The van der Waals surface area contributed by atoms with Crippen molar-refractivity contribution in [3.8, 4) is 6.07 Å². The Morgan fingerprint density at radius 2 is 1.94 bits per heavy atom. The minimum Gasteiger partial charge on any atom is -0.370 e. The van der Waals surface area contributed by atoms with Gasteiger partial charge in [0.2, 0.25) is 0 Å². The summed E-state index contributed by atoms with van der Waals surface area (Å²) in [6.45, 7) is 11.7. The van der Waals surface area contributed by atoms with E-state index in [1.807, 2.05) is 6.92 Å². The summed E-state index contributed by atoms with van der Waals surface area (Å²) >= 11 is 0. The van der Waals surface area contributed by atoms with E-state index in [1.54, 1.807) is 0 Å². The molecule has 0 spiro atoms. The van der Waals surface area contributed by atoms with Crippen LogP contribution >= 0.6 is 0 Å². The van der Waals surface area contributed by atoms with Crippen LogP contribution < -0.4 is 5.32 Å². The van der Waals surface area contributed by atoms with Crippen LogP contribution in [0.4, 0.5) is 0 Å². The first-order valence-electron chi connectivity index (χ1n) is 6.65. The standard InChI is InChI=1S/C15H23N3/c1-13(2)6-7-17-12(13)8-11-9-14(3,4)15(5,10-16)18-11/h8,18H,6-7,9H2,1-5H3/b11-8+. The van der Waals surface area contributed by atoms with Gasteiger partial charge in [-0.25, -0.2) is 0 Å². The lowest BCUT2D eigenvalue weighted by Crippen LogP contribution is -2.44. The molecule has 2 rings (SSSR count). The molecule has 0 bridgehead atoms. The Balaban J connectivity index is 2.27. The number of rotatable bonds is 1. The molecule has 1 atom stereocenters. The van der Waals surface area contributed by atoms with Gasteiger partial charge in [-0.15, -0.1) is 0 Å². The summed E-state index contributed by atoms with van der Waals surface area (Å²) in [7, 11) is 0. The van der Waals surface area contributed by atoms with Gasteiger partial charge in [0.25, 0.3) is 0 Å². The molecule has 0 aromatic carbocycles. The first-order valence-corrected chi connectivity index (χ1v) is 6.65. The van der Waals surface area contributed by atoms with Crippen molar-refractivity contribution in [2.24, 2.45) is 15.8 Å². The molecule has 1 fully saturated rings. The normalized spacial score (nSPS) is 35.1. The molecule has 0 aromatic rings. The van der Waals surface area contributed by atoms with E-state index in [0.717, 1.165) is 25.1 Å². The second kappa shape index (κ2) is 3.85. The van der Waals surface area contributed by atoms with Crippen molar-refractivity contribution >= 4 is 5.71 Å². The summed E-state index contributed by atoms with van der Waals surface area (Å²) < 4.78 is 0. The fraction of sp³-hybridized carbons (Fsp3) is 0.733. The average Bonchev–Trinajstić information content (AvgIpc) is 2.67. The van der Waals surface area contributed by atoms with Crippen LogP contribution in [0.2, 0.25) is 0 Å². The Bertz CT molecular complexity index is 463. The molecule has 0 aliphatic carbocycles. The van der Waals surface area contributed by atoms with Crippen molar-refractivity contribution in [1.82, 2.24) is 5.32 Å². The maximum absolute atomic E-state index is 9.37. The van der Waals surface area contributed by atoms with E-state index in [-0.39, 0.29) is 10.8 Å². The third-order valence-electron chi connectivity index (χ3n) is 4.64. The number of hydrogen-bond donors (Lipinski definition) is 1. The lowest BCUT2D eigenvalue weighted by Gasteiger charge is -2.30. The number of hydrogen-bond acceptors (Lipinski definition) is 3. The van der Waals surface area contributed by atoms with Crippen LogP contribution in [0.25, 0.3) is 0 Å². The van der Waals surface area contributed by atoms with Crippen LogP contribution in [0.15, 0.2) is 16.8 Å². The van der Waals surface area contributed by atoms with Gasteiger partial charge in [-0.2, -0.15) is 5.26 Å². The van der Waals surface area contributed by atoms with Gasteiger partial charge in [-0.3, -0.25) is 4.99 Å². The van der Waals surface area contributed by atoms with Gasteiger partial charge in [0.05, 0.1) is 6.07 Å². The third-order valence-corrected chi connectivity index (χ3v) is 4.64. The van der Waals surface area contributed by atoms with E-state index in [2.05, 4.69) is 50.1 Å². The van der Waals surface area contributed by atoms with Crippen molar-refractivity contribution in [2.45, 2.75) is 53.0 Å². The second-order valence-electron chi connectivity index (χ2n) is 6.99. The van der Waals surface area contributed by atoms with Gasteiger partial charge in [-0.05, 0) is 25.8 Å². The third kappa shape index (κ3) is 1.94. The Morgan fingerprint density at radius 1 is 1.28 bits per heavy atom. The number of nitriles is 1. The first kappa shape index (κ1) is 13.1. The monoisotopic (exact) mass is 245 g/mol. The molecule has 1 unspecified atom stereocenters. The largest absolute Gasteiger partial charge is 0.370 e. The van der Waals surface area contributed by atoms with Crippen LogP contribution in [0.1, 0.15) is 47.5 Å². The number of nitrogens with zero attached hydrogens (tertiary/aromatic N) is 2. The molecule has 1 N–H and O–H groups in total. The zero-order chi connectivity index (χ0) is 13.6. The number of aliphatic imine (C=N–C) groups is 1. The molecule has 2 heterocycles. The molecule has 0 radical (unpaired) electrons. The molecular formula is C15H23N3. The maximum Gasteiger partial charge on any atom is 0.127 e. The van der Waals surface area contributed by atoms with Gasteiger partial charge in [-0.1, -0.05) is 27.7 Å². The minimum absolute atomic E-state index is 0.0448. The highest BCUT2D eigenvalue weighted by Crippen LogP contribution is 2.43. The predicted molar refractivity (Wildman–Crippen MR) is 74.3 cm³/mol. The van der Waals surface area contributed by atoms with Crippen molar-refractivity contribution in [3.05, 3.63) is 11.8 Å². The van der Waals surface area contributed by atoms with Crippen molar-refractivity contribution in [2.75, 3.05) is 6.54 Å². The van der Waals surface area contributed by atoms with Gasteiger partial charge in [0.15, 0.2) is 0 Å². The Kier molecular flexibility index (Phi) is 2.81. The van der Waals surface area contributed by atoms with E-state index in [9.17, 15) is 5.26 Å². The molecule has 3 heteroatoms. The van der Waals surface area contributed by atoms with Gasteiger partial charge in [0, 0.05) is 28.8 Å². The molecule has 0 amide bonds. The van der Waals surface area contributed by atoms with Gasteiger partial charge < -0.3 is 5.32 Å². The summed E-state index contributed by atoms with van der Waals surface area (Å²) in [4.78, 5) is 4.59.